The van der Waals surface area contributed by atoms with E-state index in [0.29, 0.717) is 6.54 Å². The Bertz CT molecular complexity index is 768. The molecule has 106 valence electrons. The number of rotatable bonds is 4. The first-order valence-corrected chi connectivity index (χ1v) is 6.99. The van der Waals surface area contributed by atoms with Crippen molar-refractivity contribution in [3.63, 3.8) is 0 Å². The van der Waals surface area contributed by atoms with Crippen LogP contribution >= 0.6 is 0 Å². The van der Waals surface area contributed by atoms with Gasteiger partial charge >= 0.3 is 0 Å². The van der Waals surface area contributed by atoms with Crippen molar-refractivity contribution < 1.29 is 4.74 Å². The van der Waals surface area contributed by atoms with E-state index >= 15 is 0 Å². The fourth-order valence-corrected chi connectivity index (χ4v) is 2.35. The summed E-state index contributed by atoms with van der Waals surface area (Å²) in [4.78, 5) is 4.66. The SMILES string of the molecule is COc1ccc(C)cc1NCc1ccc2ccccc2n1. The van der Waals surface area contributed by atoms with Crippen molar-refractivity contribution in [3.8, 4) is 5.75 Å². The Morgan fingerprint density at radius 1 is 1.05 bits per heavy atom. The molecule has 2 aromatic carbocycles. The average molecular weight is 278 g/mol. The highest BCUT2D eigenvalue weighted by Crippen LogP contribution is 2.25. The largest absolute Gasteiger partial charge is 0.495 e. The zero-order valence-corrected chi connectivity index (χ0v) is 12.3. The third-order valence-electron chi connectivity index (χ3n) is 3.47. The van der Waals surface area contributed by atoms with Gasteiger partial charge in [-0.25, -0.2) is 0 Å². The Hall–Kier alpha value is -2.55. The fraction of sp³-hybridized carbons (Fsp3) is 0.167. The quantitative estimate of drug-likeness (QED) is 0.778. The number of methoxy groups -OCH3 is 1. The Kier molecular flexibility index (Phi) is 3.73. The highest BCUT2D eigenvalue weighted by molar-refractivity contribution is 5.78. The third kappa shape index (κ3) is 2.97. The highest BCUT2D eigenvalue weighted by atomic mass is 16.5. The lowest BCUT2D eigenvalue weighted by atomic mass is 10.2. The van der Waals surface area contributed by atoms with E-state index in [1.54, 1.807) is 7.11 Å². The molecule has 0 fully saturated rings. The van der Waals surface area contributed by atoms with Gasteiger partial charge in [0.2, 0.25) is 0 Å². The minimum absolute atomic E-state index is 0.671. The van der Waals surface area contributed by atoms with Gasteiger partial charge in [-0.3, -0.25) is 4.98 Å². The summed E-state index contributed by atoms with van der Waals surface area (Å²) < 4.78 is 5.38. The van der Waals surface area contributed by atoms with E-state index in [-0.39, 0.29) is 0 Å². The Balaban J connectivity index is 1.81. The number of hydrogen-bond donors (Lipinski definition) is 1. The topological polar surface area (TPSA) is 34.1 Å². The van der Waals surface area contributed by atoms with Crippen LogP contribution in [0.2, 0.25) is 0 Å². The maximum absolute atomic E-state index is 5.38. The summed E-state index contributed by atoms with van der Waals surface area (Å²) in [6.07, 6.45) is 0. The molecule has 1 N–H and O–H groups in total. The maximum atomic E-state index is 5.38. The molecule has 21 heavy (non-hydrogen) atoms. The molecule has 0 saturated carbocycles. The molecule has 3 rings (SSSR count). The monoisotopic (exact) mass is 278 g/mol. The van der Waals surface area contributed by atoms with Gasteiger partial charge in [0.25, 0.3) is 0 Å². The number of nitrogens with zero attached hydrogens (tertiary/aromatic N) is 1. The first-order valence-electron chi connectivity index (χ1n) is 6.99. The second-order valence-electron chi connectivity index (χ2n) is 5.05. The Morgan fingerprint density at radius 3 is 2.76 bits per heavy atom. The minimum Gasteiger partial charge on any atom is -0.495 e. The van der Waals surface area contributed by atoms with E-state index in [2.05, 4.69) is 41.5 Å². The van der Waals surface area contributed by atoms with Gasteiger partial charge in [0.15, 0.2) is 0 Å². The molecule has 3 heteroatoms. The van der Waals surface area contributed by atoms with Gasteiger partial charge in [0, 0.05) is 5.39 Å². The van der Waals surface area contributed by atoms with Crippen molar-refractivity contribution in [2.45, 2.75) is 13.5 Å². The number of nitrogens with one attached hydrogen (secondary N) is 1. The molecule has 0 aliphatic carbocycles. The van der Waals surface area contributed by atoms with Crippen LogP contribution in [0, 0.1) is 6.92 Å². The molecule has 0 spiro atoms. The number of aryl methyl sites for hydroxylation is 1. The number of pyridine rings is 1. The van der Waals surface area contributed by atoms with Gasteiger partial charge in [-0.15, -0.1) is 0 Å². The molecule has 0 aliphatic heterocycles. The van der Waals surface area contributed by atoms with Crippen LogP contribution in [0.15, 0.2) is 54.6 Å². The van der Waals surface area contributed by atoms with Gasteiger partial charge in [-0.1, -0.05) is 30.3 Å². The van der Waals surface area contributed by atoms with E-state index in [1.807, 2.05) is 30.3 Å². The summed E-state index contributed by atoms with van der Waals surface area (Å²) in [5.41, 5.74) is 4.22. The molecule has 0 aliphatic rings. The second kappa shape index (κ2) is 5.83. The summed E-state index contributed by atoms with van der Waals surface area (Å²) in [5, 5.41) is 4.56. The van der Waals surface area contributed by atoms with Gasteiger partial charge in [-0.05, 0) is 36.8 Å². The van der Waals surface area contributed by atoms with Crippen molar-refractivity contribution in [2.75, 3.05) is 12.4 Å². The minimum atomic E-state index is 0.671. The fourth-order valence-electron chi connectivity index (χ4n) is 2.35. The van der Waals surface area contributed by atoms with Crippen LogP contribution in [0.4, 0.5) is 5.69 Å². The van der Waals surface area contributed by atoms with Crippen LogP contribution in [0.5, 0.6) is 5.75 Å². The normalized spacial score (nSPS) is 10.6. The van der Waals surface area contributed by atoms with Gasteiger partial charge in [0.1, 0.15) is 5.75 Å². The van der Waals surface area contributed by atoms with E-state index in [4.69, 9.17) is 4.74 Å². The number of benzene rings is 2. The lowest BCUT2D eigenvalue weighted by Crippen LogP contribution is -2.03. The van der Waals surface area contributed by atoms with E-state index < -0.39 is 0 Å². The van der Waals surface area contributed by atoms with Crippen LogP contribution < -0.4 is 10.1 Å². The summed E-state index contributed by atoms with van der Waals surface area (Å²) in [7, 11) is 1.68. The second-order valence-corrected chi connectivity index (χ2v) is 5.05. The first-order chi connectivity index (χ1) is 10.3. The average Bonchev–Trinajstić information content (AvgIpc) is 2.53. The predicted molar refractivity (Wildman–Crippen MR) is 86.8 cm³/mol. The van der Waals surface area contributed by atoms with Crippen LogP contribution in [-0.4, -0.2) is 12.1 Å². The number of para-hydroxylation sites is 1. The number of anilines is 1. The summed E-state index contributed by atoms with van der Waals surface area (Å²) in [5.74, 6) is 0.849. The molecule has 0 bridgehead atoms. The molecular weight excluding hydrogens is 260 g/mol. The Labute approximate surface area is 124 Å². The Morgan fingerprint density at radius 2 is 1.90 bits per heavy atom. The number of hydrogen-bond acceptors (Lipinski definition) is 3. The van der Waals surface area contributed by atoms with Gasteiger partial charge in [0.05, 0.1) is 30.6 Å². The summed E-state index contributed by atoms with van der Waals surface area (Å²) in [6, 6.07) is 18.4. The molecule has 1 heterocycles. The smallest absolute Gasteiger partial charge is 0.141 e. The number of aromatic nitrogens is 1. The van der Waals surface area contributed by atoms with Crippen molar-refractivity contribution in [1.29, 1.82) is 0 Å². The molecule has 0 atom stereocenters. The maximum Gasteiger partial charge on any atom is 0.141 e. The van der Waals surface area contributed by atoms with Crippen molar-refractivity contribution >= 4 is 16.6 Å². The van der Waals surface area contributed by atoms with Gasteiger partial charge < -0.3 is 10.1 Å². The molecule has 3 aromatic rings. The van der Waals surface area contributed by atoms with E-state index in [1.165, 1.54) is 5.56 Å². The first kappa shape index (κ1) is 13.4. The number of ether oxygens (including phenoxy) is 1. The van der Waals surface area contributed by atoms with Crippen molar-refractivity contribution in [1.82, 2.24) is 4.98 Å². The highest BCUT2D eigenvalue weighted by Gasteiger charge is 2.04. The van der Waals surface area contributed by atoms with E-state index in [0.717, 1.165) is 28.0 Å². The lowest BCUT2D eigenvalue weighted by Gasteiger charge is -2.12. The van der Waals surface area contributed by atoms with Crippen LogP contribution in [0.1, 0.15) is 11.3 Å². The standard InChI is InChI=1S/C18H18N2O/c1-13-7-10-18(21-2)17(11-13)19-12-15-9-8-14-5-3-4-6-16(14)20-15/h3-11,19H,12H2,1-2H3. The third-order valence-corrected chi connectivity index (χ3v) is 3.47. The summed E-state index contributed by atoms with van der Waals surface area (Å²) >= 11 is 0. The predicted octanol–water partition coefficient (Wildman–Crippen LogP) is 4.16. The molecule has 1 aromatic heterocycles. The zero-order chi connectivity index (χ0) is 14.7. The summed E-state index contributed by atoms with van der Waals surface area (Å²) in [6.45, 7) is 2.74. The van der Waals surface area contributed by atoms with Crippen LogP contribution in [0.3, 0.4) is 0 Å². The van der Waals surface area contributed by atoms with E-state index in [9.17, 15) is 0 Å². The lowest BCUT2D eigenvalue weighted by molar-refractivity contribution is 0.416. The molecule has 0 saturated heterocycles. The van der Waals surface area contributed by atoms with Gasteiger partial charge in [-0.2, -0.15) is 0 Å². The number of fused-ring (bicyclic) bond motifs is 1. The molecular formula is C18H18N2O. The zero-order valence-electron chi connectivity index (χ0n) is 12.3. The molecule has 0 amide bonds. The van der Waals surface area contributed by atoms with Crippen molar-refractivity contribution in [3.05, 3.63) is 65.9 Å². The molecule has 0 radical (unpaired) electrons. The van der Waals surface area contributed by atoms with Crippen molar-refractivity contribution in [2.24, 2.45) is 0 Å². The van der Waals surface area contributed by atoms with Crippen LogP contribution in [0.25, 0.3) is 10.9 Å². The molecule has 3 nitrogen and oxygen atoms in total. The van der Waals surface area contributed by atoms with Crippen LogP contribution in [-0.2, 0) is 6.54 Å². The molecule has 0 unspecified atom stereocenters.